The summed E-state index contributed by atoms with van der Waals surface area (Å²) >= 11 is 0. The van der Waals surface area contributed by atoms with Gasteiger partial charge in [0.25, 0.3) is 0 Å². The van der Waals surface area contributed by atoms with E-state index in [1.54, 1.807) is 17.2 Å². The second-order valence-corrected chi connectivity index (χ2v) is 6.12. The standard InChI is InChI=1S/C19H18N2O3/c1-12(22)21-15-8-3-2-6-13(15)20-14-7-4-9-16(23)18(14)19(21)17-10-5-11-24-17/h2-3,5-6,8,10-11,19-20H,4,7,9H2,1H3/t19-/m1/s1. The maximum absolute atomic E-state index is 12.7. The zero-order valence-electron chi connectivity index (χ0n) is 13.4. The van der Waals surface area contributed by atoms with Gasteiger partial charge >= 0.3 is 0 Å². The number of carbonyl (C=O) groups excluding carboxylic acids is 2. The minimum Gasteiger partial charge on any atom is -0.467 e. The van der Waals surface area contributed by atoms with Crippen LogP contribution in [0.1, 0.15) is 38.0 Å². The first-order chi connectivity index (χ1) is 11.7. The summed E-state index contributed by atoms with van der Waals surface area (Å²) in [6.07, 6.45) is 3.68. The molecule has 0 saturated heterocycles. The number of hydrogen-bond donors (Lipinski definition) is 1. The van der Waals surface area contributed by atoms with Crippen molar-refractivity contribution in [2.75, 3.05) is 10.2 Å². The number of furan rings is 1. The molecule has 24 heavy (non-hydrogen) atoms. The van der Waals surface area contributed by atoms with Gasteiger partial charge < -0.3 is 9.73 Å². The van der Waals surface area contributed by atoms with Crippen LogP contribution in [0.25, 0.3) is 0 Å². The molecule has 0 radical (unpaired) electrons. The van der Waals surface area contributed by atoms with E-state index in [1.165, 1.54) is 6.92 Å². The number of ketones is 1. The smallest absolute Gasteiger partial charge is 0.224 e. The van der Waals surface area contributed by atoms with Crippen LogP contribution in [-0.2, 0) is 9.59 Å². The highest BCUT2D eigenvalue weighted by Gasteiger charge is 2.39. The highest BCUT2D eigenvalue weighted by Crippen LogP contribution is 2.44. The Labute approximate surface area is 139 Å². The molecule has 0 fully saturated rings. The molecule has 1 aliphatic carbocycles. The fraction of sp³-hybridized carbons (Fsp3) is 0.263. The lowest BCUT2D eigenvalue weighted by molar-refractivity contribution is -0.117. The van der Waals surface area contributed by atoms with Gasteiger partial charge in [0.15, 0.2) is 5.78 Å². The van der Waals surface area contributed by atoms with E-state index in [9.17, 15) is 9.59 Å². The predicted octanol–water partition coefficient (Wildman–Crippen LogP) is 3.81. The van der Waals surface area contributed by atoms with E-state index in [0.717, 1.165) is 29.9 Å². The minimum atomic E-state index is -0.531. The van der Waals surface area contributed by atoms with Gasteiger partial charge in [-0.3, -0.25) is 14.5 Å². The van der Waals surface area contributed by atoms with Crippen LogP contribution in [0, 0.1) is 0 Å². The van der Waals surface area contributed by atoms with E-state index in [1.807, 2.05) is 30.3 Å². The van der Waals surface area contributed by atoms with Crippen LogP contribution in [0.4, 0.5) is 11.4 Å². The molecule has 122 valence electrons. The van der Waals surface area contributed by atoms with Gasteiger partial charge in [-0.1, -0.05) is 12.1 Å². The van der Waals surface area contributed by atoms with E-state index in [2.05, 4.69) is 5.32 Å². The number of amides is 1. The number of anilines is 2. The Bertz CT molecular complexity index is 836. The number of carbonyl (C=O) groups is 2. The first-order valence-corrected chi connectivity index (χ1v) is 8.12. The molecular weight excluding hydrogens is 304 g/mol. The number of nitrogens with zero attached hydrogens (tertiary/aromatic N) is 1. The molecule has 1 aliphatic heterocycles. The summed E-state index contributed by atoms with van der Waals surface area (Å²) < 4.78 is 5.61. The molecule has 0 unspecified atom stereocenters. The van der Waals surface area contributed by atoms with Crippen molar-refractivity contribution in [1.29, 1.82) is 0 Å². The minimum absolute atomic E-state index is 0.0733. The van der Waals surface area contributed by atoms with Gasteiger partial charge in [-0.05, 0) is 37.1 Å². The molecule has 5 heteroatoms. The molecule has 2 heterocycles. The summed E-state index contributed by atoms with van der Waals surface area (Å²) in [4.78, 5) is 26.9. The van der Waals surface area contributed by atoms with Crippen molar-refractivity contribution >= 4 is 23.1 Å². The lowest BCUT2D eigenvalue weighted by atomic mass is 9.88. The van der Waals surface area contributed by atoms with E-state index >= 15 is 0 Å². The maximum atomic E-state index is 12.7. The quantitative estimate of drug-likeness (QED) is 0.867. The number of allylic oxidation sites excluding steroid dienone is 1. The second kappa shape index (κ2) is 5.67. The first kappa shape index (κ1) is 14.8. The molecule has 0 spiro atoms. The third-order valence-electron chi connectivity index (χ3n) is 4.59. The average Bonchev–Trinajstić information content (AvgIpc) is 3.03. The summed E-state index contributed by atoms with van der Waals surface area (Å²) in [6, 6.07) is 10.7. The molecule has 2 aliphatic rings. The van der Waals surface area contributed by atoms with Crippen LogP contribution in [-0.4, -0.2) is 11.7 Å². The SMILES string of the molecule is CC(=O)N1c2ccccc2NC2=C(C(=O)CCC2)[C@H]1c1ccco1. The predicted molar refractivity (Wildman–Crippen MR) is 90.6 cm³/mol. The van der Waals surface area contributed by atoms with Crippen LogP contribution in [0.2, 0.25) is 0 Å². The normalized spacial score (nSPS) is 20.1. The van der Waals surface area contributed by atoms with Crippen LogP contribution in [0.3, 0.4) is 0 Å². The van der Waals surface area contributed by atoms with Gasteiger partial charge in [0.1, 0.15) is 11.8 Å². The molecule has 5 nitrogen and oxygen atoms in total. The van der Waals surface area contributed by atoms with Gasteiger partial charge in [-0.15, -0.1) is 0 Å². The Kier molecular flexibility index (Phi) is 3.49. The lowest BCUT2D eigenvalue weighted by Crippen LogP contribution is -2.36. The Morgan fingerprint density at radius 3 is 2.79 bits per heavy atom. The Morgan fingerprint density at radius 1 is 1.21 bits per heavy atom. The van der Waals surface area contributed by atoms with E-state index in [4.69, 9.17) is 4.42 Å². The highest BCUT2D eigenvalue weighted by atomic mass is 16.3. The Balaban J connectivity index is 2.00. The second-order valence-electron chi connectivity index (χ2n) is 6.12. The van der Waals surface area contributed by atoms with E-state index in [0.29, 0.717) is 17.8 Å². The topological polar surface area (TPSA) is 62.6 Å². The largest absolute Gasteiger partial charge is 0.467 e. The number of Topliss-reactive ketones (excluding diaryl/α,β-unsaturated/α-hetero) is 1. The van der Waals surface area contributed by atoms with E-state index in [-0.39, 0.29) is 11.7 Å². The van der Waals surface area contributed by atoms with Crippen LogP contribution >= 0.6 is 0 Å². The molecule has 0 bridgehead atoms. The van der Waals surface area contributed by atoms with Crippen molar-refractivity contribution in [2.24, 2.45) is 0 Å². The molecule has 1 aromatic heterocycles. The highest BCUT2D eigenvalue weighted by molar-refractivity contribution is 6.05. The number of hydrogen-bond acceptors (Lipinski definition) is 4. The summed E-state index contributed by atoms with van der Waals surface area (Å²) in [5.74, 6) is 0.549. The van der Waals surface area contributed by atoms with Gasteiger partial charge in [0.05, 0.1) is 17.6 Å². The average molecular weight is 322 g/mol. The zero-order valence-corrected chi connectivity index (χ0v) is 13.4. The van der Waals surface area contributed by atoms with Crippen molar-refractivity contribution in [1.82, 2.24) is 0 Å². The van der Waals surface area contributed by atoms with Crippen LogP contribution in [0.5, 0.6) is 0 Å². The van der Waals surface area contributed by atoms with Crippen molar-refractivity contribution < 1.29 is 14.0 Å². The third-order valence-corrected chi connectivity index (χ3v) is 4.59. The van der Waals surface area contributed by atoms with Gasteiger partial charge in [0, 0.05) is 24.6 Å². The molecule has 2 aromatic rings. The van der Waals surface area contributed by atoms with Crippen molar-refractivity contribution in [3.63, 3.8) is 0 Å². The molecular formula is C19H18N2O3. The number of benzene rings is 1. The summed E-state index contributed by atoms with van der Waals surface area (Å²) in [6.45, 7) is 1.52. The van der Waals surface area contributed by atoms with Crippen LogP contribution < -0.4 is 10.2 Å². The summed E-state index contributed by atoms with van der Waals surface area (Å²) in [7, 11) is 0. The first-order valence-electron chi connectivity index (χ1n) is 8.12. The van der Waals surface area contributed by atoms with Crippen LogP contribution in [0.15, 0.2) is 58.3 Å². The number of para-hydroxylation sites is 2. The van der Waals surface area contributed by atoms with Crippen molar-refractivity contribution in [3.05, 3.63) is 59.7 Å². The van der Waals surface area contributed by atoms with Gasteiger partial charge in [-0.2, -0.15) is 0 Å². The number of rotatable bonds is 1. The number of nitrogens with one attached hydrogen (secondary N) is 1. The fourth-order valence-corrected chi connectivity index (χ4v) is 3.60. The molecule has 1 amide bonds. The monoisotopic (exact) mass is 322 g/mol. The van der Waals surface area contributed by atoms with Gasteiger partial charge in [0.2, 0.25) is 5.91 Å². The van der Waals surface area contributed by atoms with Crippen molar-refractivity contribution in [3.8, 4) is 0 Å². The van der Waals surface area contributed by atoms with E-state index < -0.39 is 6.04 Å². The van der Waals surface area contributed by atoms with Crippen molar-refractivity contribution in [2.45, 2.75) is 32.2 Å². The third kappa shape index (κ3) is 2.24. The summed E-state index contributed by atoms with van der Waals surface area (Å²) in [5.41, 5.74) is 3.13. The Hall–Kier alpha value is -2.82. The number of fused-ring (bicyclic) bond motifs is 1. The molecule has 1 N–H and O–H groups in total. The Morgan fingerprint density at radius 2 is 2.04 bits per heavy atom. The van der Waals surface area contributed by atoms with Gasteiger partial charge in [-0.25, -0.2) is 0 Å². The molecule has 0 saturated carbocycles. The lowest BCUT2D eigenvalue weighted by Gasteiger charge is -2.31. The molecule has 1 aromatic carbocycles. The fourth-order valence-electron chi connectivity index (χ4n) is 3.60. The molecule has 4 rings (SSSR count). The summed E-state index contributed by atoms with van der Waals surface area (Å²) in [5, 5.41) is 3.39. The zero-order chi connectivity index (χ0) is 16.7. The maximum Gasteiger partial charge on any atom is 0.224 e. The molecule has 1 atom stereocenters.